The molecule has 8 nitrogen and oxygen atoms in total. The molecular formula is C33H30ClN5O3S. The molecule has 3 heterocycles. The third kappa shape index (κ3) is 6.18. The number of hydrogen-bond donors (Lipinski definition) is 0. The molecule has 0 atom stereocenters. The number of methoxy groups -OCH3 is 1. The molecule has 3 aromatic carbocycles. The van der Waals surface area contributed by atoms with Gasteiger partial charge in [-0.05, 0) is 67.1 Å². The number of halogens is 1. The highest BCUT2D eigenvalue weighted by Gasteiger charge is 2.16. The second-order valence-electron chi connectivity index (χ2n) is 10.0. The van der Waals surface area contributed by atoms with Crippen LogP contribution >= 0.6 is 22.9 Å². The van der Waals surface area contributed by atoms with Crippen LogP contribution in [0.5, 0.6) is 11.5 Å². The largest absolute Gasteiger partial charge is 0.495 e. The maximum atomic E-state index is 13.4. The molecule has 0 saturated heterocycles. The van der Waals surface area contributed by atoms with E-state index in [9.17, 15) is 4.79 Å². The average Bonchev–Trinajstić information content (AvgIpc) is 3.73. The zero-order chi connectivity index (χ0) is 29.8. The molecule has 0 fully saturated rings. The molecule has 0 aliphatic heterocycles. The molecule has 0 aliphatic rings. The summed E-state index contributed by atoms with van der Waals surface area (Å²) < 4.78 is 14.8. The van der Waals surface area contributed by atoms with Crippen molar-refractivity contribution in [3.05, 3.63) is 104 Å². The summed E-state index contributed by atoms with van der Waals surface area (Å²) in [4.78, 5) is 18.6. The van der Waals surface area contributed by atoms with E-state index in [0.29, 0.717) is 38.4 Å². The number of hydrogen-bond acceptors (Lipinski definition) is 7. The number of benzene rings is 3. The molecular weight excluding hydrogens is 582 g/mol. The van der Waals surface area contributed by atoms with Crippen molar-refractivity contribution in [1.82, 2.24) is 24.4 Å². The molecule has 0 bridgehead atoms. The van der Waals surface area contributed by atoms with Crippen LogP contribution in [0, 0.1) is 0 Å². The molecule has 0 amide bonds. The van der Waals surface area contributed by atoms with E-state index >= 15 is 0 Å². The molecule has 6 rings (SSSR count). The summed E-state index contributed by atoms with van der Waals surface area (Å²) in [5.74, 6) is 1.88. The SMILES string of the molecule is CCCCCCOc1ccc(-c2nc3s/c(=C\c4cn(-c5ccccc5)nc4-c4ccc(OC)c(Cl)c4)c(=O)n3n2)cc1. The summed E-state index contributed by atoms with van der Waals surface area (Å²) in [6.45, 7) is 2.90. The van der Waals surface area contributed by atoms with Crippen LogP contribution in [-0.2, 0) is 0 Å². The van der Waals surface area contributed by atoms with E-state index in [2.05, 4.69) is 17.0 Å². The highest BCUT2D eigenvalue weighted by Crippen LogP contribution is 2.32. The first-order valence-corrected chi connectivity index (χ1v) is 15.4. The van der Waals surface area contributed by atoms with Gasteiger partial charge in [0.25, 0.3) is 5.56 Å². The van der Waals surface area contributed by atoms with Gasteiger partial charge in [-0.15, -0.1) is 5.10 Å². The van der Waals surface area contributed by atoms with Crippen LogP contribution in [0.15, 0.2) is 83.8 Å². The van der Waals surface area contributed by atoms with Gasteiger partial charge < -0.3 is 9.47 Å². The first-order chi connectivity index (χ1) is 21.0. The summed E-state index contributed by atoms with van der Waals surface area (Å²) in [7, 11) is 1.58. The summed E-state index contributed by atoms with van der Waals surface area (Å²) in [6, 6.07) is 23.0. The lowest BCUT2D eigenvalue weighted by Gasteiger charge is -2.06. The van der Waals surface area contributed by atoms with Crippen LogP contribution in [0.3, 0.4) is 0 Å². The van der Waals surface area contributed by atoms with Crippen LogP contribution in [0.4, 0.5) is 0 Å². The maximum absolute atomic E-state index is 13.4. The predicted octanol–water partition coefficient (Wildman–Crippen LogP) is 6.84. The molecule has 0 spiro atoms. The zero-order valence-electron chi connectivity index (χ0n) is 23.9. The van der Waals surface area contributed by atoms with Crippen LogP contribution in [0.25, 0.3) is 39.4 Å². The topological polar surface area (TPSA) is 83.5 Å². The summed E-state index contributed by atoms with van der Waals surface area (Å²) in [5, 5.41) is 9.85. The maximum Gasteiger partial charge on any atom is 0.291 e. The van der Waals surface area contributed by atoms with E-state index in [-0.39, 0.29) is 5.56 Å². The second-order valence-corrected chi connectivity index (χ2v) is 11.5. The van der Waals surface area contributed by atoms with Gasteiger partial charge in [0.2, 0.25) is 4.96 Å². The molecule has 218 valence electrons. The Bertz CT molecular complexity index is 1970. The Morgan fingerprint density at radius 3 is 2.47 bits per heavy atom. The standard InChI is InChI=1S/C33H30ClN5O3S/c1-3-4-5-9-18-42-26-15-12-22(13-16-26)31-35-33-39(37-31)32(40)29(43-33)20-24-21-38(25-10-7-6-8-11-25)36-30(24)23-14-17-28(41-2)27(34)19-23/h6-8,10-17,19-21H,3-5,9,18H2,1-2H3/b29-20-. The lowest BCUT2D eigenvalue weighted by Crippen LogP contribution is -2.23. The molecule has 0 unspecified atom stereocenters. The van der Waals surface area contributed by atoms with Gasteiger partial charge in [0.15, 0.2) is 5.82 Å². The number of para-hydroxylation sites is 1. The van der Waals surface area contributed by atoms with Gasteiger partial charge in [0.1, 0.15) is 17.2 Å². The van der Waals surface area contributed by atoms with E-state index in [1.165, 1.54) is 35.1 Å². The minimum absolute atomic E-state index is 0.239. The Hall–Kier alpha value is -4.47. The summed E-state index contributed by atoms with van der Waals surface area (Å²) in [5.41, 5.74) is 3.72. The van der Waals surface area contributed by atoms with Gasteiger partial charge in [-0.2, -0.15) is 14.6 Å². The fraction of sp³-hybridized carbons (Fsp3) is 0.212. The van der Waals surface area contributed by atoms with Gasteiger partial charge >= 0.3 is 0 Å². The Balaban J connectivity index is 1.32. The molecule has 10 heteroatoms. The van der Waals surface area contributed by atoms with Gasteiger partial charge in [-0.25, -0.2) is 4.68 Å². The van der Waals surface area contributed by atoms with Crippen LogP contribution < -0.4 is 19.6 Å². The lowest BCUT2D eigenvalue weighted by atomic mass is 10.1. The zero-order valence-corrected chi connectivity index (χ0v) is 25.4. The first-order valence-electron chi connectivity index (χ1n) is 14.2. The van der Waals surface area contributed by atoms with Crippen molar-refractivity contribution in [1.29, 1.82) is 0 Å². The van der Waals surface area contributed by atoms with Crippen LogP contribution in [0.2, 0.25) is 5.02 Å². The molecule has 0 N–H and O–H groups in total. The van der Waals surface area contributed by atoms with Crippen molar-refractivity contribution in [2.24, 2.45) is 0 Å². The third-order valence-corrected chi connectivity index (χ3v) is 8.29. The number of fused-ring (bicyclic) bond motifs is 1. The van der Waals surface area contributed by atoms with Gasteiger partial charge in [-0.3, -0.25) is 4.79 Å². The minimum atomic E-state index is -0.239. The van der Waals surface area contributed by atoms with Crippen molar-refractivity contribution in [2.75, 3.05) is 13.7 Å². The number of nitrogens with zero attached hydrogens (tertiary/aromatic N) is 5. The minimum Gasteiger partial charge on any atom is -0.495 e. The summed E-state index contributed by atoms with van der Waals surface area (Å²) >= 11 is 7.73. The summed E-state index contributed by atoms with van der Waals surface area (Å²) in [6.07, 6.45) is 8.37. The fourth-order valence-corrected chi connectivity index (χ4v) is 5.92. The van der Waals surface area contributed by atoms with E-state index in [1.807, 2.05) is 79.0 Å². The fourth-order valence-electron chi connectivity index (χ4n) is 4.76. The van der Waals surface area contributed by atoms with E-state index in [4.69, 9.17) is 26.2 Å². The Morgan fingerprint density at radius 2 is 1.74 bits per heavy atom. The molecule has 3 aromatic heterocycles. The Morgan fingerprint density at radius 1 is 0.953 bits per heavy atom. The number of ether oxygens (including phenoxy) is 2. The highest BCUT2D eigenvalue weighted by atomic mass is 35.5. The normalized spacial score (nSPS) is 11.8. The predicted molar refractivity (Wildman–Crippen MR) is 172 cm³/mol. The van der Waals surface area contributed by atoms with E-state index in [0.717, 1.165) is 34.5 Å². The van der Waals surface area contributed by atoms with Crippen LogP contribution in [0.1, 0.15) is 38.2 Å². The molecule has 43 heavy (non-hydrogen) atoms. The molecule has 6 aromatic rings. The van der Waals surface area contributed by atoms with Gasteiger partial charge in [0.05, 0.1) is 29.0 Å². The average molecular weight is 612 g/mol. The lowest BCUT2D eigenvalue weighted by molar-refractivity contribution is 0.305. The number of rotatable bonds is 11. The monoisotopic (exact) mass is 611 g/mol. The highest BCUT2D eigenvalue weighted by molar-refractivity contribution is 7.15. The quantitative estimate of drug-likeness (QED) is 0.149. The molecule has 0 aliphatic carbocycles. The van der Waals surface area contributed by atoms with E-state index in [1.54, 1.807) is 17.9 Å². The van der Waals surface area contributed by atoms with Gasteiger partial charge in [-0.1, -0.05) is 67.3 Å². The van der Waals surface area contributed by atoms with Crippen molar-refractivity contribution < 1.29 is 9.47 Å². The van der Waals surface area contributed by atoms with Crippen LogP contribution in [-0.4, -0.2) is 38.1 Å². The third-order valence-electron chi connectivity index (χ3n) is 7.04. The number of unbranched alkanes of at least 4 members (excludes halogenated alkanes) is 3. The van der Waals surface area contributed by atoms with E-state index < -0.39 is 0 Å². The van der Waals surface area contributed by atoms with Crippen molar-refractivity contribution >= 4 is 34.0 Å². The molecule has 0 radical (unpaired) electrons. The number of thiazole rings is 1. The van der Waals surface area contributed by atoms with Crippen molar-refractivity contribution in [3.8, 4) is 39.8 Å². The Labute approximate surface area is 257 Å². The Kier molecular flexibility index (Phi) is 8.53. The van der Waals surface area contributed by atoms with Crippen molar-refractivity contribution in [2.45, 2.75) is 32.6 Å². The molecule has 0 saturated carbocycles. The first kappa shape index (κ1) is 28.6. The second kappa shape index (κ2) is 12.8. The van der Waals surface area contributed by atoms with Gasteiger partial charge in [0, 0.05) is 22.9 Å². The smallest absolute Gasteiger partial charge is 0.291 e. The van der Waals surface area contributed by atoms with Crippen molar-refractivity contribution in [3.63, 3.8) is 0 Å². The number of aromatic nitrogens is 5.